The molecule has 14 heavy (non-hydrogen) atoms. The van der Waals surface area contributed by atoms with Gasteiger partial charge >= 0.3 is 5.97 Å². The van der Waals surface area contributed by atoms with E-state index in [1.54, 1.807) is 0 Å². The van der Waals surface area contributed by atoms with E-state index in [4.69, 9.17) is 4.74 Å². The van der Waals surface area contributed by atoms with E-state index in [9.17, 15) is 4.79 Å². The van der Waals surface area contributed by atoms with Crippen LogP contribution in [0.5, 0.6) is 5.75 Å². The molecule has 1 rings (SSSR count). The second-order valence-corrected chi connectivity index (χ2v) is 3.13. The number of methoxy groups -OCH3 is 1. The Bertz CT molecular complexity index is 331. The number of benzene rings is 1. The van der Waals surface area contributed by atoms with Gasteiger partial charge in [0.1, 0.15) is 5.75 Å². The molecular formula is C11H14O3. The highest BCUT2D eigenvalue weighted by atomic mass is 16.6. The predicted octanol–water partition coefficient (Wildman–Crippen LogP) is 1.86. The molecule has 0 aliphatic carbocycles. The SMILES string of the molecule is COC(=O)COc1cc(C)ccc1C. The van der Waals surface area contributed by atoms with E-state index in [-0.39, 0.29) is 12.6 Å². The van der Waals surface area contributed by atoms with Gasteiger partial charge in [-0.05, 0) is 31.0 Å². The molecule has 3 nitrogen and oxygen atoms in total. The standard InChI is InChI=1S/C11H14O3/c1-8-4-5-9(2)10(6-8)14-7-11(12)13-3/h4-6H,7H2,1-3H3. The van der Waals surface area contributed by atoms with Crippen LogP contribution in [0, 0.1) is 13.8 Å². The van der Waals surface area contributed by atoms with Gasteiger partial charge in [-0.2, -0.15) is 0 Å². The highest BCUT2D eigenvalue weighted by Crippen LogP contribution is 2.18. The van der Waals surface area contributed by atoms with Gasteiger partial charge in [-0.25, -0.2) is 4.79 Å². The smallest absolute Gasteiger partial charge is 0.343 e. The van der Waals surface area contributed by atoms with Crippen LogP contribution < -0.4 is 4.74 Å². The first kappa shape index (κ1) is 10.6. The molecule has 0 spiro atoms. The lowest BCUT2D eigenvalue weighted by molar-refractivity contribution is -0.142. The van der Waals surface area contributed by atoms with Crippen LogP contribution in [-0.4, -0.2) is 19.7 Å². The number of hydrogen-bond donors (Lipinski definition) is 0. The monoisotopic (exact) mass is 194 g/mol. The molecule has 0 N–H and O–H groups in total. The Kier molecular flexibility index (Phi) is 3.51. The van der Waals surface area contributed by atoms with E-state index in [1.165, 1.54) is 7.11 Å². The minimum absolute atomic E-state index is 0.0409. The number of carbonyl (C=O) groups excluding carboxylic acids is 1. The van der Waals surface area contributed by atoms with Crippen molar-refractivity contribution in [2.75, 3.05) is 13.7 Å². The van der Waals surface area contributed by atoms with Crippen molar-refractivity contribution >= 4 is 5.97 Å². The Hall–Kier alpha value is -1.51. The number of rotatable bonds is 3. The zero-order valence-corrected chi connectivity index (χ0v) is 8.66. The molecule has 0 fully saturated rings. The van der Waals surface area contributed by atoms with Crippen LogP contribution in [0.15, 0.2) is 18.2 Å². The third-order valence-corrected chi connectivity index (χ3v) is 1.92. The highest BCUT2D eigenvalue weighted by Gasteiger charge is 2.04. The third kappa shape index (κ3) is 2.76. The number of hydrogen-bond acceptors (Lipinski definition) is 3. The van der Waals surface area contributed by atoms with Gasteiger partial charge in [-0.1, -0.05) is 12.1 Å². The summed E-state index contributed by atoms with van der Waals surface area (Å²) in [5, 5.41) is 0. The Balaban J connectivity index is 2.66. The maximum absolute atomic E-state index is 10.8. The van der Waals surface area contributed by atoms with Crippen molar-refractivity contribution in [3.05, 3.63) is 29.3 Å². The molecule has 0 saturated carbocycles. The van der Waals surface area contributed by atoms with Crippen molar-refractivity contribution in [3.8, 4) is 5.75 Å². The van der Waals surface area contributed by atoms with Crippen LogP contribution in [-0.2, 0) is 9.53 Å². The van der Waals surface area contributed by atoms with Crippen molar-refractivity contribution in [2.24, 2.45) is 0 Å². The van der Waals surface area contributed by atoms with Crippen LogP contribution in [0.2, 0.25) is 0 Å². The van der Waals surface area contributed by atoms with Crippen LogP contribution >= 0.6 is 0 Å². The van der Waals surface area contributed by atoms with Crippen molar-refractivity contribution in [1.82, 2.24) is 0 Å². The molecule has 0 aliphatic rings. The molecule has 1 aromatic carbocycles. The van der Waals surface area contributed by atoms with Gasteiger partial charge < -0.3 is 9.47 Å². The second kappa shape index (κ2) is 4.65. The first-order valence-electron chi connectivity index (χ1n) is 4.40. The van der Waals surface area contributed by atoms with Gasteiger partial charge in [-0.15, -0.1) is 0 Å². The topological polar surface area (TPSA) is 35.5 Å². The fourth-order valence-corrected chi connectivity index (χ4v) is 1.06. The predicted molar refractivity (Wildman–Crippen MR) is 53.4 cm³/mol. The van der Waals surface area contributed by atoms with Crippen LogP contribution in [0.3, 0.4) is 0 Å². The minimum atomic E-state index is -0.370. The molecule has 0 saturated heterocycles. The third-order valence-electron chi connectivity index (χ3n) is 1.92. The van der Waals surface area contributed by atoms with Gasteiger partial charge in [0.15, 0.2) is 6.61 Å². The molecule has 1 aromatic rings. The lowest BCUT2D eigenvalue weighted by atomic mass is 10.1. The summed E-state index contributed by atoms with van der Waals surface area (Å²) in [5.74, 6) is 0.362. The van der Waals surface area contributed by atoms with Crippen molar-refractivity contribution in [3.63, 3.8) is 0 Å². The molecular weight excluding hydrogens is 180 g/mol. The summed E-state index contributed by atoms with van der Waals surface area (Å²) in [6.07, 6.45) is 0. The molecule has 76 valence electrons. The summed E-state index contributed by atoms with van der Waals surface area (Å²) in [5.41, 5.74) is 2.12. The largest absolute Gasteiger partial charge is 0.482 e. The van der Waals surface area contributed by atoms with Gasteiger partial charge in [0.25, 0.3) is 0 Å². The number of esters is 1. The maximum atomic E-state index is 10.8. The molecule has 0 aromatic heterocycles. The van der Waals surface area contributed by atoms with E-state index in [2.05, 4.69) is 4.74 Å². The summed E-state index contributed by atoms with van der Waals surface area (Å²) in [6, 6.07) is 5.86. The Morgan fingerprint density at radius 1 is 1.36 bits per heavy atom. The van der Waals surface area contributed by atoms with E-state index in [1.807, 2.05) is 32.0 Å². The minimum Gasteiger partial charge on any atom is -0.482 e. The fourth-order valence-electron chi connectivity index (χ4n) is 1.06. The first-order chi connectivity index (χ1) is 6.63. The molecule has 0 heterocycles. The fraction of sp³-hybridized carbons (Fsp3) is 0.364. The molecule has 0 amide bonds. The average molecular weight is 194 g/mol. The van der Waals surface area contributed by atoms with Crippen molar-refractivity contribution in [2.45, 2.75) is 13.8 Å². The molecule has 0 unspecified atom stereocenters. The highest BCUT2D eigenvalue weighted by molar-refractivity contribution is 5.70. The Labute approximate surface area is 83.6 Å². The lowest BCUT2D eigenvalue weighted by Crippen LogP contribution is -2.13. The summed E-state index contributed by atoms with van der Waals surface area (Å²) in [7, 11) is 1.34. The molecule has 0 aliphatic heterocycles. The van der Waals surface area contributed by atoms with Gasteiger partial charge in [0.2, 0.25) is 0 Å². The average Bonchev–Trinajstić information content (AvgIpc) is 2.19. The normalized spacial score (nSPS) is 9.64. The van der Waals surface area contributed by atoms with E-state index in [0.29, 0.717) is 0 Å². The zero-order valence-electron chi connectivity index (χ0n) is 8.66. The number of ether oxygens (including phenoxy) is 2. The summed E-state index contributed by atoms with van der Waals surface area (Å²) < 4.78 is 9.77. The van der Waals surface area contributed by atoms with Gasteiger partial charge in [0.05, 0.1) is 7.11 Å². The lowest BCUT2D eigenvalue weighted by Gasteiger charge is -2.08. The summed E-state index contributed by atoms with van der Waals surface area (Å²) in [4.78, 5) is 10.8. The van der Waals surface area contributed by atoms with Crippen molar-refractivity contribution in [1.29, 1.82) is 0 Å². The Morgan fingerprint density at radius 2 is 2.07 bits per heavy atom. The second-order valence-electron chi connectivity index (χ2n) is 3.13. The van der Waals surface area contributed by atoms with Crippen molar-refractivity contribution < 1.29 is 14.3 Å². The van der Waals surface area contributed by atoms with Gasteiger partial charge in [0, 0.05) is 0 Å². The van der Waals surface area contributed by atoms with E-state index < -0.39 is 0 Å². The van der Waals surface area contributed by atoms with E-state index >= 15 is 0 Å². The number of aryl methyl sites for hydroxylation is 2. The summed E-state index contributed by atoms with van der Waals surface area (Å²) >= 11 is 0. The maximum Gasteiger partial charge on any atom is 0.343 e. The number of carbonyl (C=O) groups is 1. The molecule has 0 bridgehead atoms. The molecule has 3 heteroatoms. The quantitative estimate of drug-likeness (QED) is 0.689. The molecule has 0 radical (unpaired) electrons. The first-order valence-corrected chi connectivity index (χ1v) is 4.40. The van der Waals surface area contributed by atoms with Crippen LogP contribution in [0.25, 0.3) is 0 Å². The summed E-state index contributed by atoms with van der Waals surface area (Å²) in [6.45, 7) is 3.87. The van der Waals surface area contributed by atoms with Crippen LogP contribution in [0.1, 0.15) is 11.1 Å². The van der Waals surface area contributed by atoms with Gasteiger partial charge in [-0.3, -0.25) is 0 Å². The Morgan fingerprint density at radius 3 is 2.71 bits per heavy atom. The zero-order chi connectivity index (χ0) is 10.6. The van der Waals surface area contributed by atoms with E-state index in [0.717, 1.165) is 16.9 Å². The van der Waals surface area contributed by atoms with Crippen LogP contribution in [0.4, 0.5) is 0 Å². The molecule has 0 atom stereocenters.